The Kier molecular flexibility index (Phi) is 4.62. The fourth-order valence-electron chi connectivity index (χ4n) is 4.45. The van der Waals surface area contributed by atoms with Crippen molar-refractivity contribution in [2.24, 2.45) is 0 Å². The lowest BCUT2D eigenvalue weighted by Gasteiger charge is -2.33. The third-order valence-corrected chi connectivity index (χ3v) is 5.64. The molecule has 0 aliphatic heterocycles. The first-order valence-electron chi connectivity index (χ1n) is 9.44. The number of aromatic nitrogens is 4. The number of fused-ring (bicyclic) bond motifs is 2. The Hall–Kier alpha value is -3.55. The van der Waals surface area contributed by atoms with E-state index in [1.807, 2.05) is 12.1 Å². The van der Waals surface area contributed by atoms with Crippen molar-refractivity contribution < 1.29 is 19.8 Å². The van der Waals surface area contributed by atoms with Crippen molar-refractivity contribution in [2.75, 3.05) is 0 Å². The summed E-state index contributed by atoms with van der Waals surface area (Å²) in [5.41, 5.74) is 3.38. The van der Waals surface area contributed by atoms with Gasteiger partial charge in [0.2, 0.25) is 0 Å². The van der Waals surface area contributed by atoms with E-state index in [0.29, 0.717) is 25.1 Å². The van der Waals surface area contributed by atoms with Gasteiger partial charge in [0.05, 0.1) is 16.5 Å². The van der Waals surface area contributed by atoms with Crippen LogP contribution in [0.25, 0.3) is 0 Å². The number of H-pyrrole nitrogens is 1. The highest BCUT2D eigenvalue weighted by Crippen LogP contribution is 2.46. The van der Waals surface area contributed by atoms with E-state index in [1.165, 1.54) is 0 Å². The van der Waals surface area contributed by atoms with Crippen LogP contribution in [0.4, 0.5) is 0 Å². The third-order valence-electron chi connectivity index (χ3n) is 5.64. The Morgan fingerprint density at radius 1 is 1.00 bits per heavy atom. The standard InChI is InChI=1S/C21H20N4O4/c1-2-9-21(20-22-24-25-23-20)16-7-5-14(18(26)27)10-12(16)3-4-13-11-15(19(28)29)6-8-17(13)21/h5-8,10-11H,2-4,9H2,1H3,(H,26,27)(H,28,29)(H,22,23,24,25). The van der Waals surface area contributed by atoms with Crippen LogP contribution in [0.15, 0.2) is 36.4 Å². The monoisotopic (exact) mass is 392 g/mol. The molecule has 0 amide bonds. The van der Waals surface area contributed by atoms with E-state index in [2.05, 4.69) is 27.5 Å². The number of nitrogens with one attached hydrogen (secondary N) is 1. The van der Waals surface area contributed by atoms with Crippen molar-refractivity contribution in [2.45, 2.75) is 38.0 Å². The number of aromatic carboxylic acids is 2. The number of hydrogen-bond donors (Lipinski definition) is 3. The Labute approximate surface area is 166 Å². The van der Waals surface area contributed by atoms with Crippen molar-refractivity contribution in [3.63, 3.8) is 0 Å². The summed E-state index contributed by atoms with van der Waals surface area (Å²) >= 11 is 0. The van der Waals surface area contributed by atoms with Crippen LogP contribution in [0.5, 0.6) is 0 Å². The largest absolute Gasteiger partial charge is 0.478 e. The van der Waals surface area contributed by atoms with Crippen molar-refractivity contribution in [3.8, 4) is 0 Å². The summed E-state index contributed by atoms with van der Waals surface area (Å²) in [5, 5.41) is 33.8. The highest BCUT2D eigenvalue weighted by molar-refractivity contribution is 5.89. The van der Waals surface area contributed by atoms with Crippen LogP contribution in [0.1, 0.15) is 68.6 Å². The van der Waals surface area contributed by atoms with Gasteiger partial charge in [-0.3, -0.25) is 0 Å². The van der Waals surface area contributed by atoms with Crippen LogP contribution in [0.2, 0.25) is 0 Å². The van der Waals surface area contributed by atoms with Crippen LogP contribution < -0.4 is 0 Å². The molecule has 8 nitrogen and oxygen atoms in total. The van der Waals surface area contributed by atoms with Crippen molar-refractivity contribution >= 4 is 11.9 Å². The molecule has 4 rings (SSSR count). The lowest BCUT2D eigenvalue weighted by Crippen LogP contribution is -2.32. The SMILES string of the molecule is CCCC1(c2nn[nH]n2)c2ccc(C(=O)O)cc2CCc2cc(C(=O)O)ccc21. The van der Waals surface area contributed by atoms with Gasteiger partial charge in [-0.1, -0.05) is 30.7 Å². The number of benzene rings is 2. The van der Waals surface area contributed by atoms with Gasteiger partial charge in [-0.05, 0) is 65.8 Å². The zero-order valence-electron chi connectivity index (χ0n) is 15.8. The normalized spacial score (nSPS) is 14.5. The summed E-state index contributed by atoms with van der Waals surface area (Å²) in [6.45, 7) is 2.06. The number of carboxylic acid groups (broad SMARTS) is 2. The van der Waals surface area contributed by atoms with Crippen LogP contribution >= 0.6 is 0 Å². The molecular formula is C21H20N4O4. The maximum Gasteiger partial charge on any atom is 0.335 e. The molecule has 0 bridgehead atoms. The van der Waals surface area contributed by atoms with Gasteiger partial charge in [-0.25, -0.2) is 9.59 Å². The molecule has 1 aromatic heterocycles. The number of aromatic amines is 1. The molecule has 0 saturated carbocycles. The third kappa shape index (κ3) is 2.97. The number of carbonyl (C=O) groups is 2. The smallest absolute Gasteiger partial charge is 0.335 e. The summed E-state index contributed by atoms with van der Waals surface area (Å²) in [5.74, 6) is -1.47. The first-order chi connectivity index (χ1) is 14.0. The summed E-state index contributed by atoms with van der Waals surface area (Å²) in [4.78, 5) is 23.0. The second-order valence-corrected chi connectivity index (χ2v) is 7.24. The first kappa shape index (κ1) is 18.8. The predicted octanol–water partition coefficient (Wildman–Crippen LogP) is 2.83. The molecule has 29 heavy (non-hydrogen) atoms. The van der Waals surface area contributed by atoms with Crippen molar-refractivity contribution in [3.05, 3.63) is 75.6 Å². The van der Waals surface area contributed by atoms with E-state index >= 15 is 0 Å². The fourth-order valence-corrected chi connectivity index (χ4v) is 4.45. The molecule has 0 spiro atoms. The van der Waals surface area contributed by atoms with Gasteiger partial charge in [0, 0.05) is 0 Å². The number of nitrogens with zero attached hydrogens (tertiary/aromatic N) is 3. The van der Waals surface area contributed by atoms with E-state index in [1.54, 1.807) is 24.3 Å². The average Bonchev–Trinajstić information content (AvgIpc) is 3.21. The Balaban J connectivity index is 2.05. The number of hydrogen-bond acceptors (Lipinski definition) is 5. The maximum absolute atomic E-state index is 11.5. The van der Waals surface area contributed by atoms with Gasteiger partial charge < -0.3 is 10.2 Å². The topological polar surface area (TPSA) is 129 Å². The molecule has 0 saturated heterocycles. The van der Waals surface area contributed by atoms with Crippen LogP contribution in [0.3, 0.4) is 0 Å². The quantitative estimate of drug-likeness (QED) is 0.609. The Bertz CT molecular complexity index is 1030. The molecule has 1 aliphatic carbocycles. The lowest BCUT2D eigenvalue weighted by molar-refractivity contribution is 0.0686. The molecule has 3 N–H and O–H groups in total. The molecule has 3 aromatic rings. The molecule has 1 aliphatic rings. The van der Waals surface area contributed by atoms with E-state index in [4.69, 9.17) is 0 Å². The fraction of sp³-hybridized carbons (Fsp3) is 0.286. The molecule has 0 radical (unpaired) electrons. The highest BCUT2D eigenvalue weighted by Gasteiger charge is 2.44. The summed E-state index contributed by atoms with van der Waals surface area (Å²) in [6.07, 6.45) is 2.67. The van der Waals surface area contributed by atoms with E-state index < -0.39 is 17.4 Å². The molecular weight excluding hydrogens is 372 g/mol. The van der Waals surface area contributed by atoms with Crippen LogP contribution in [0, 0.1) is 0 Å². The molecule has 0 fully saturated rings. The first-order valence-corrected chi connectivity index (χ1v) is 9.44. The minimum atomic E-state index is -0.983. The molecule has 2 aromatic carbocycles. The van der Waals surface area contributed by atoms with Gasteiger partial charge in [-0.2, -0.15) is 5.21 Å². The van der Waals surface area contributed by atoms with Crippen molar-refractivity contribution in [1.29, 1.82) is 0 Å². The molecule has 1 heterocycles. The molecule has 0 atom stereocenters. The minimum Gasteiger partial charge on any atom is -0.478 e. The minimum absolute atomic E-state index is 0.222. The van der Waals surface area contributed by atoms with Gasteiger partial charge in [0.15, 0.2) is 5.82 Å². The van der Waals surface area contributed by atoms with Gasteiger partial charge in [-0.15, -0.1) is 10.2 Å². The average molecular weight is 392 g/mol. The van der Waals surface area contributed by atoms with E-state index in [0.717, 1.165) is 28.7 Å². The molecule has 8 heteroatoms. The summed E-state index contributed by atoms with van der Waals surface area (Å²) < 4.78 is 0. The maximum atomic E-state index is 11.5. The Morgan fingerprint density at radius 3 is 1.97 bits per heavy atom. The zero-order chi connectivity index (χ0) is 20.6. The molecule has 0 unspecified atom stereocenters. The van der Waals surface area contributed by atoms with Gasteiger partial charge in [0.25, 0.3) is 0 Å². The van der Waals surface area contributed by atoms with E-state index in [9.17, 15) is 19.8 Å². The summed E-state index contributed by atoms with van der Waals surface area (Å²) in [7, 11) is 0. The zero-order valence-corrected chi connectivity index (χ0v) is 15.8. The number of rotatable bonds is 5. The van der Waals surface area contributed by atoms with Gasteiger partial charge in [0.1, 0.15) is 0 Å². The second kappa shape index (κ2) is 7.12. The predicted molar refractivity (Wildman–Crippen MR) is 103 cm³/mol. The summed E-state index contributed by atoms with van der Waals surface area (Å²) in [6, 6.07) is 10.3. The van der Waals surface area contributed by atoms with Crippen molar-refractivity contribution in [1.82, 2.24) is 20.6 Å². The second-order valence-electron chi connectivity index (χ2n) is 7.24. The van der Waals surface area contributed by atoms with Crippen LogP contribution in [-0.2, 0) is 18.3 Å². The lowest BCUT2D eigenvalue weighted by atomic mass is 9.68. The van der Waals surface area contributed by atoms with E-state index in [-0.39, 0.29) is 11.1 Å². The Morgan fingerprint density at radius 2 is 1.55 bits per heavy atom. The number of carboxylic acids is 2. The van der Waals surface area contributed by atoms with Crippen LogP contribution in [-0.4, -0.2) is 42.8 Å². The number of tetrazole rings is 1. The highest BCUT2D eigenvalue weighted by atomic mass is 16.4. The van der Waals surface area contributed by atoms with Gasteiger partial charge >= 0.3 is 11.9 Å². The number of aryl methyl sites for hydroxylation is 2. The molecule has 148 valence electrons.